The molecule has 0 aliphatic carbocycles. The molecule has 4 nitrogen and oxygen atoms in total. The number of ether oxygens (including phenoxy) is 1. The Balaban J connectivity index is 1.41. The zero-order valence-electron chi connectivity index (χ0n) is 16.3. The van der Waals surface area contributed by atoms with Gasteiger partial charge in [-0.2, -0.15) is 0 Å². The predicted octanol–water partition coefficient (Wildman–Crippen LogP) is 6.81. The van der Waals surface area contributed by atoms with Gasteiger partial charge in [0.15, 0.2) is 0 Å². The molecule has 0 aromatic heterocycles. The summed E-state index contributed by atoms with van der Waals surface area (Å²) in [7, 11) is 0. The van der Waals surface area contributed by atoms with Crippen molar-refractivity contribution in [2.75, 3.05) is 0 Å². The van der Waals surface area contributed by atoms with Crippen molar-refractivity contribution in [2.24, 2.45) is 0 Å². The van der Waals surface area contributed by atoms with Crippen LogP contribution in [-0.4, -0.2) is 16.0 Å². The SMILES string of the molecule is O=C1S/C(=C\c2ccc(OCc3ccc(Cl)cc3)cc2)C(=O)N1Cc1ccccc1Cl. The van der Waals surface area contributed by atoms with Gasteiger partial charge < -0.3 is 4.74 Å². The third kappa shape index (κ3) is 5.31. The Labute approximate surface area is 194 Å². The van der Waals surface area contributed by atoms with Crippen LogP contribution in [0.15, 0.2) is 77.7 Å². The third-order valence-corrected chi connectivity index (χ3v) is 6.18. The van der Waals surface area contributed by atoms with Crippen molar-refractivity contribution in [3.63, 3.8) is 0 Å². The minimum atomic E-state index is -0.321. The van der Waals surface area contributed by atoms with Gasteiger partial charge in [0.05, 0.1) is 11.4 Å². The molecule has 1 aliphatic heterocycles. The van der Waals surface area contributed by atoms with Crippen LogP contribution >= 0.6 is 35.0 Å². The van der Waals surface area contributed by atoms with E-state index in [1.54, 1.807) is 18.2 Å². The smallest absolute Gasteiger partial charge is 0.293 e. The van der Waals surface area contributed by atoms with Crippen LogP contribution in [-0.2, 0) is 17.9 Å². The van der Waals surface area contributed by atoms with E-state index < -0.39 is 0 Å². The number of benzene rings is 3. The van der Waals surface area contributed by atoms with Crippen LogP contribution in [0.5, 0.6) is 5.75 Å². The number of hydrogen-bond acceptors (Lipinski definition) is 4. The first-order chi connectivity index (χ1) is 15.0. The van der Waals surface area contributed by atoms with Crippen molar-refractivity contribution in [3.8, 4) is 5.75 Å². The Morgan fingerprint density at radius 2 is 1.61 bits per heavy atom. The average molecular weight is 470 g/mol. The summed E-state index contributed by atoms with van der Waals surface area (Å²) < 4.78 is 5.78. The second-order valence-electron chi connectivity index (χ2n) is 6.84. The van der Waals surface area contributed by atoms with Crippen LogP contribution in [0.2, 0.25) is 10.0 Å². The minimum Gasteiger partial charge on any atom is -0.489 e. The normalized spacial score (nSPS) is 15.0. The van der Waals surface area contributed by atoms with Gasteiger partial charge in [-0.15, -0.1) is 0 Å². The minimum absolute atomic E-state index is 0.152. The molecule has 3 aromatic carbocycles. The lowest BCUT2D eigenvalue weighted by Crippen LogP contribution is -2.27. The van der Waals surface area contributed by atoms with Crippen LogP contribution in [0, 0.1) is 0 Å². The lowest BCUT2D eigenvalue weighted by molar-refractivity contribution is -0.123. The Kier molecular flexibility index (Phi) is 6.66. The molecule has 4 rings (SSSR count). The average Bonchev–Trinajstić information content (AvgIpc) is 3.03. The highest BCUT2D eigenvalue weighted by Crippen LogP contribution is 2.34. The van der Waals surface area contributed by atoms with E-state index in [4.69, 9.17) is 27.9 Å². The van der Waals surface area contributed by atoms with Crippen LogP contribution in [0.25, 0.3) is 6.08 Å². The van der Waals surface area contributed by atoms with Gasteiger partial charge in [0.1, 0.15) is 12.4 Å². The number of carbonyl (C=O) groups is 2. The van der Waals surface area contributed by atoms with Gasteiger partial charge in [-0.1, -0.05) is 65.7 Å². The lowest BCUT2D eigenvalue weighted by atomic mass is 10.2. The molecule has 3 aromatic rings. The molecule has 1 saturated heterocycles. The fourth-order valence-electron chi connectivity index (χ4n) is 2.99. The van der Waals surface area contributed by atoms with Gasteiger partial charge >= 0.3 is 0 Å². The molecule has 0 unspecified atom stereocenters. The molecule has 156 valence electrons. The fourth-order valence-corrected chi connectivity index (χ4v) is 4.15. The summed E-state index contributed by atoms with van der Waals surface area (Å²) in [6.45, 7) is 0.580. The number of imide groups is 1. The highest BCUT2D eigenvalue weighted by molar-refractivity contribution is 8.18. The number of rotatable bonds is 6. The molecule has 1 fully saturated rings. The second-order valence-corrected chi connectivity index (χ2v) is 8.68. The topological polar surface area (TPSA) is 46.6 Å². The van der Waals surface area contributed by atoms with Gasteiger partial charge in [-0.3, -0.25) is 14.5 Å². The summed E-state index contributed by atoms with van der Waals surface area (Å²) in [5.74, 6) is 0.386. The zero-order chi connectivity index (χ0) is 21.8. The molecular weight excluding hydrogens is 453 g/mol. The summed E-state index contributed by atoms with van der Waals surface area (Å²) >= 11 is 13.0. The molecular formula is C24H17Cl2NO3S. The third-order valence-electron chi connectivity index (χ3n) is 4.66. The number of halogens is 2. The summed E-state index contributed by atoms with van der Waals surface area (Å²) in [6.07, 6.45) is 1.71. The molecule has 0 saturated carbocycles. The van der Waals surface area contributed by atoms with Crippen molar-refractivity contribution in [1.82, 2.24) is 4.90 Å². The molecule has 0 spiro atoms. The van der Waals surface area contributed by atoms with Crippen molar-refractivity contribution in [1.29, 1.82) is 0 Å². The van der Waals surface area contributed by atoms with Gasteiger partial charge in [0, 0.05) is 10.0 Å². The van der Waals surface area contributed by atoms with Crippen LogP contribution in [0.4, 0.5) is 4.79 Å². The highest BCUT2D eigenvalue weighted by Gasteiger charge is 2.35. The molecule has 0 bridgehead atoms. The Bertz CT molecular complexity index is 1140. The van der Waals surface area contributed by atoms with Crippen molar-refractivity contribution >= 4 is 52.2 Å². The number of carbonyl (C=O) groups excluding carboxylic acids is 2. The van der Waals surface area contributed by atoms with Crippen LogP contribution in [0.3, 0.4) is 0 Å². The van der Waals surface area contributed by atoms with E-state index in [0.717, 1.165) is 28.5 Å². The maximum atomic E-state index is 12.7. The first kappa shape index (κ1) is 21.5. The van der Waals surface area contributed by atoms with Gasteiger partial charge in [-0.25, -0.2) is 0 Å². The molecule has 0 N–H and O–H groups in total. The van der Waals surface area contributed by atoms with Crippen LogP contribution < -0.4 is 4.74 Å². The maximum Gasteiger partial charge on any atom is 0.293 e. The number of amides is 2. The quantitative estimate of drug-likeness (QED) is 0.372. The fraction of sp³-hybridized carbons (Fsp3) is 0.0833. The van der Waals surface area contributed by atoms with E-state index in [2.05, 4.69) is 0 Å². The van der Waals surface area contributed by atoms with Gasteiger partial charge in [0.2, 0.25) is 0 Å². The van der Waals surface area contributed by atoms with E-state index in [1.807, 2.05) is 60.7 Å². The Morgan fingerprint density at radius 1 is 0.903 bits per heavy atom. The van der Waals surface area contributed by atoms with Gasteiger partial charge in [-0.05, 0) is 64.9 Å². The Hall–Kier alpha value is -2.73. The molecule has 1 heterocycles. The van der Waals surface area contributed by atoms with E-state index in [-0.39, 0.29) is 17.7 Å². The molecule has 0 radical (unpaired) electrons. The molecule has 2 amide bonds. The van der Waals surface area contributed by atoms with Crippen LogP contribution in [0.1, 0.15) is 16.7 Å². The van der Waals surface area contributed by atoms with E-state index in [0.29, 0.717) is 27.3 Å². The Morgan fingerprint density at radius 3 is 2.32 bits per heavy atom. The van der Waals surface area contributed by atoms with Crippen molar-refractivity contribution in [3.05, 3.63) is 104 Å². The predicted molar refractivity (Wildman–Crippen MR) is 125 cm³/mol. The largest absolute Gasteiger partial charge is 0.489 e. The van der Waals surface area contributed by atoms with Gasteiger partial charge in [0.25, 0.3) is 11.1 Å². The monoisotopic (exact) mass is 469 g/mol. The summed E-state index contributed by atoms with van der Waals surface area (Å²) in [5, 5.41) is 0.906. The molecule has 1 aliphatic rings. The van der Waals surface area contributed by atoms with Crippen molar-refractivity contribution < 1.29 is 14.3 Å². The molecule has 0 atom stereocenters. The standard InChI is InChI=1S/C24H17Cl2NO3S/c25-19-9-5-17(6-10-19)15-30-20-11-7-16(8-12-20)13-22-23(28)27(24(29)31-22)14-18-3-1-2-4-21(18)26/h1-13H,14-15H2/b22-13-. The second kappa shape index (κ2) is 9.60. The van der Waals surface area contributed by atoms with E-state index >= 15 is 0 Å². The lowest BCUT2D eigenvalue weighted by Gasteiger charge is -2.13. The highest BCUT2D eigenvalue weighted by atomic mass is 35.5. The van der Waals surface area contributed by atoms with Crippen molar-refractivity contribution in [2.45, 2.75) is 13.2 Å². The molecule has 31 heavy (non-hydrogen) atoms. The summed E-state index contributed by atoms with van der Waals surface area (Å²) in [4.78, 5) is 26.7. The zero-order valence-corrected chi connectivity index (χ0v) is 18.6. The first-order valence-electron chi connectivity index (χ1n) is 9.46. The number of thioether (sulfide) groups is 1. The summed E-state index contributed by atoms with van der Waals surface area (Å²) in [6, 6.07) is 22.0. The van der Waals surface area contributed by atoms with E-state index in [1.165, 1.54) is 4.90 Å². The summed E-state index contributed by atoms with van der Waals surface area (Å²) in [5.41, 5.74) is 2.55. The number of nitrogens with zero attached hydrogens (tertiary/aromatic N) is 1. The number of hydrogen-bond donors (Lipinski definition) is 0. The maximum absolute atomic E-state index is 12.7. The first-order valence-corrected chi connectivity index (χ1v) is 11.0. The molecule has 7 heteroatoms. The van der Waals surface area contributed by atoms with E-state index in [9.17, 15) is 9.59 Å².